The third-order valence-electron chi connectivity index (χ3n) is 3.46. The summed E-state index contributed by atoms with van der Waals surface area (Å²) in [7, 11) is 0. The molecule has 2 rings (SSSR count). The zero-order valence-corrected chi connectivity index (χ0v) is 11.5. The van der Waals surface area contributed by atoms with E-state index < -0.39 is 6.03 Å². The topological polar surface area (TPSA) is 91.6 Å². The summed E-state index contributed by atoms with van der Waals surface area (Å²) in [6, 6.07) is 4.63. The second-order valence-corrected chi connectivity index (χ2v) is 4.74. The van der Waals surface area contributed by atoms with Crippen molar-refractivity contribution in [2.24, 2.45) is 5.73 Å². The van der Waals surface area contributed by atoms with Gasteiger partial charge in [-0.15, -0.1) is 0 Å². The third-order valence-corrected chi connectivity index (χ3v) is 3.46. The smallest absolute Gasteiger partial charge is 0.318 e. The number of imide groups is 1. The van der Waals surface area contributed by atoms with Crippen LogP contribution < -0.4 is 16.0 Å². The van der Waals surface area contributed by atoms with Gasteiger partial charge in [0.2, 0.25) is 5.91 Å². The van der Waals surface area contributed by atoms with Crippen LogP contribution in [0.25, 0.3) is 0 Å². The Morgan fingerprint density at radius 1 is 1.30 bits per heavy atom. The van der Waals surface area contributed by atoms with Crippen LogP contribution in [0.1, 0.15) is 6.92 Å². The maximum atomic E-state index is 11.7. The molecule has 0 saturated carbocycles. The number of amides is 3. The molecule has 2 heterocycles. The van der Waals surface area contributed by atoms with Gasteiger partial charge >= 0.3 is 6.03 Å². The van der Waals surface area contributed by atoms with Gasteiger partial charge in [-0.1, -0.05) is 6.07 Å². The number of nitrogens with zero attached hydrogens (tertiary/aromatic N) is 3. The lowest BCUT2D eigenvalue weighted by atomic mass is 10.2. The molecule has 0 spiro atoms. The molecule has 0 bridgehead atoms. The lowest BCUT2D eigenvalue weighted by molar-refractivity contribution is -0.124. The number of nitrogens with two attached hydrogens (primary N) is 1. The van der Waals surface area contributed by atoms with Gasteiger partial charge in [-0.3, -0.25) is 15.0 Å². The highest BCUT2D eigenvalue weighted by Gasteiger charge is 2.26. The van der Waals surface area contributed by atoms with Crippen LogP contribution in [0.2, 0.25) is 0 Å². The molecule has 108 valence electrons. The van der Waals surface area contributed by atoms with Crippen LogP contribution >= 0.6 is 0 Å². The number of nitrogens with one attached hydrogen (secondary N) is 1. The van der Waals surface area contributed by atoms with E-state index in [9.17, 15) is 9.59 Å². The van der Waals surface area contributed by atoms with Gasteiger partial charge < -0.3 is 10.6 Å². The van der Waals surface area contributed by atoms with Crippen LogP contribution in [0.5, 0.6) is 0 Å². The average molecular weight is 277 g/mol. The summed E-state index contributed by atoms with van der Waals surface area (Å²) in [6.45, 7) is 4.85. The predicted molar refractivity (Wildman–Crippen MR) is 75.2 cm³/mol. The van der Waals surface area contributed by atoms with Crippen molar-refractivity contribution in [3.63, 3.8) is 0 Å². The largest absolute Gasteiger partial charge is 0.354 e. The number of hydrogen-bond donors (Lipinski definition) is 2. The number of carbonyl (C=O) groups excluding carboxylic acids is 2. The molecular weight excluding hydrogens is 258 g/mol. The number of primary amides is 1. The Hall–Kier alpha value is -2.15. The molecule has 1 aromatic rings. The first-order chi connectivity index (χ1) is 9.58. The van der Waals surface area contributed by atoms with Gasteiger partial charge in [0, 0.05) is 32.4 Å². The summed E-state index contributed by atoms with van der Waals surface area (Å²) in [4.78, 5) is 30.9. The van der Waals surface area contributed by atoms with Gasteiger partial charge in [-0.2, -0.15) is 0 Å². The van der Waals surface area contributed by atoms with Crippen LogP contribution in [-0.4, -0.2) is 54.0 Å². The van der Waals surface area contributed by atoms with Crippen LogP contribution in [0.15, 0.2) is 24.4 Å². The van der Waals surface area contributed by atoms with E-state index in [-0.39, 0.29) is 11.9 Å². The molecule has 0 radical (unpaired) electrons. The van der Waals surface area contributed by atoms with Gasteiger partial charge in [0.05, 0.1) is 6.04 Å². The Balaban J connectivity index is 1.88. The Bertz CT molecular complexity index is 471. The summed E-state index contributed by atoms with van der Waals surface area (Å²) in [5.41, 5.74) is 4.95. The molecule has 7 nitrogen and oxygen atoms in total. The first kappa shape index (κ1) is 14.3. The Morgan fingerprint density at radius 3 is 2.55 bits per heavy atom. The maximum Gasteiger partial charge on any atom is 0.318 e. The molecule has 1 saturated heterocycles. The first-order valence-electron chi connectivity index (χ1n) is 6.58. The Kier molecular flexibility index (Phi) is 4.52. The van der Waals surface area contributed by atoms with Crippen molar-refractivity contribution < 1.29 is 9.59 Å². The predicted octanol–water partition coefficient (Wildman–Crippen LogP) is -0.213. The number of aromatic nitrogens is 1. The van der Waals surface area contributed by atoms with Crippen molar-refractivity contribution in [3.05, 3.63) is 24.4 Å². The summed E-state index contributed by atoms with van der Waals surface area (Å²) in [5, 5.41) is 2.12. The number of urea groups is 1. The molecule has 1 aliphatic rings. The van der Waals surface area contributed by atoms with E-state index in [2.05, 4.69) is 15.2 Å². The number of carbonyl (C=O) groups is 2. The highest BCUT2D eigenvalue weighted by molar-refractivity contribution is 5.96. The molecule has 1 atom stereocenters. The number of hydrogen-bond acceptors (Lipinski definition) is 5. The van der Waals surface area contributed by atoms with Crippen LogP contribution in [0.3, 0.4) is 0 Å². The Morgan fingerprint density at radius 2 is 2.00 bits per heavy atom. The number of pyridine rings is 1. The third kappa shape index (κ3) is 3.45. The molecule has 3 N–H and O–H groups in total. The monoisotopic (exact) mass is 277 g/mol. The highest BCUT2D eigenvalue weighted by Crippen LogP contribution is 2.13. The second kappa shape index (κ2) is 6.33. The zero-order chi connectivity index (χ0) is 14.5. The minimum atomic E-state index is -0.811. The fourth-order valence-corrected chi connectivity index (χ4v) is 2.27. The van der Waals surface area contributed by atoms with E-state index in [0.717, 1.165) is 32.0 Å². The normalized spacial score (nSPS) is 17.6. The first-order valence-corrected chi connectivity index (χ1v) is 6.58. The summed E-state index contributed by atoms with van der Waals surface area (Å²) in [6.07, 6.45) is 1.77. The molecule has 20 heavy (non-hydrogen) atoms. The second-order valence-electron chi connectivity index (χ2n) is 4.74. The fourth-order valence-electron chi connectivity index (χ4n) is 2.27. The number of piperazine rings is 1. The Labute approximate surface area is 117 Å². The van der Waals surface area contributed by atoms with Crippen molar-refractivity contribution in [3.8, 4) is 0 Å². The van der Waals surface area contributed by atoms with E-state index in [1.165, 1.54) is 0 Å². The molecule has 0 unspecified atom stereocenters. The van der Waals surface area contributed by atoms with E-state index >= 15 is 0 Å². The van der Waals surface area contributed by atoms with Crippen molar-refractivity contribution in [1.82, 2.24) is 15.2 Å². The van der Waals surface area contributed by atoms with Gasteiger partial charge in [-0.05, 0) is 19.1 Å². The van der Waals surface area contributed by atoms with Crippen LogP contribution in [0.4, 0.5) is 10.6 Å². The van der Waals surface area contributed by atoms with Crippen molar-refractivity contribution in [1.29, 1.82) is 0 Å². The lowest BCUT2D eigenvalue weighted by Crippen LogP contribution is -2.55. The average Bonchev–Trinajstić information content (AvgIpc) is 2.47. The number of anilines is 1. The SMILES string of the molecule is C[C@@H](C(=O)NC(N)=O)N1CCN(c2ccccn2)CC1. The van der Waals surface area contributed by atoms with E-state index in [0.29, 0.717) is 0 Å². The molecule has 0 aromatic carbocycles. The van der Waals surface area contributed by atoms with Crippen LogP contribution in [-0.2, 0) is 4.79 Å². The quantitative estimate of drug-likeness (QED) is 0.797. The summed E-state index contributed by atoms with van der Waals surface area (Å²) < 4.78 is 0. The van der Waals surface area contributed by atoms with Gasteiger partial charge in [0.1, 0.15) is 5.82 Å². The van der Waals surface area contributed by atoms with Crippen molar-refractivity contribution >= 4 is 17.8 Å². The fraction of sp³-hybridized carbons (Fsp3) is 0.462. The minimum Gasteiger partial charge on any atom is -0.354 e. The molecule has 0 aliphatic carbocycles. The molecule has 3 amide bonds. The minimum absolute atomic E-state index is 0.358. The van der Waals surface area contributed by atoms with Gasteiger partial charge in [0.25, 0.3) is 0 Å². The van der Waals surface area contributed by atoms with E-state index in [4.69, 9.17) is 5.73 Å². The zero-order valence-electron chi connectivity index (χ0n) is 11.5. The van der Waals surface area contributed by atoms with Gasteiger partial charge in [0.15, 0.2) is 0 Å². The summed E-state index contributed by atoms with van der Waals surface area (Å²) in [5.74, 6) is 0.588. The van der Waals surface area contributed by atoms with Crippen LogP contribution in [0, 0.1) is 0 Å². The van der Waals surface area contributed by atoms with Crippen molar-refractivity contribution in [2.45, 2.75) is 13.0 Å². The molecule has 1 aliphatic heterocycles. The molecular formula is C13H19N5O2. The number of rotatable bonds is 3. The van der Waals surface area contributed by atoms with E-state index in [1.54, 1.807) is 13.1 Å². The van der Waals surface area contributed by atoms with E-state index in [1.807, 2.05) is 23.1 Å². The highest BCUT2D eigenvalue weighted by atomic mass is 16.2. The lowest BCUT2D eigenvalue weighted by Gasteiger charge is -2.37. The summed E-state index contributed by atoms with van der Waals surface area (Å²) >= 11 is 0. The molecule has 7 heteroatoms. The van der Waals surface area contributed by atoms with Gasteiger partial charge in [-0.25, -0.2) is 9.78 Å². The maximum absolute atomic E-state index is 11.7. The molecule has 1 aromatic heterocycles. The molecule has 1 fully saturated rings. The van der Waals surface area contributed by atoms with Crippen molar-refractivity contribution in [2.75, 3.05) is 31.1 Å². The standard InChI is InChI=1S/C13H19N5O2/c1-10(12(19)16-13(14)20)17-6-8-18(9-7-17)11-4-2-3-5-15-11/h2-5,10H,6-9H2,1H3,(H3,14,16,19,20)/t10-/m0/s1.